The van der Waals surface area contributed by atoms with E-state index in [-0.39, 0.29) is 36.0 Å². The van der Waals surface area contributed by atoms with Crippen molar-refractivity contribution in [2.75, 3.05) is 0 Å². The fourth-order valence-electron chi connectivity index (χ4n) is 0.394. The Labute approximate surface area is 80.5 Å². The normalized spacial score (nSPS) is 7.70. The van der Waals surface area contributed by atoms with Crippen molar-refractivity contribution in [2.24, 2.45) is 0 Å². The molecule has 0 rings (SSSR count). The van der Waals surface area contributed by atoms with Gasteiger partial charge in [-0.1, -0.05) is 6.92 Å². The second-order valence-electron chi connectivity index (χ2n) is 1.44. The smallest absolute Gasteiger partial charge is 0.503 e. The summed E-state index contributed by atoms with van der Waals surface area (Å²) in [5.74, 6) is -3.19. The van der Waals surface area contributed by atoms with Crippen LogP contribution in [0.1, 0.15) is 13.3 Å². The van der Waals surface area contributed by atoms with Crippen LogP contribution in [0, 0.1) is 5.92 Å². The zero-order valence-electron chi connectivity index (χ0n) is 5.92. The molecule has 0 amide bonds. The average Bonchev–Trinajstić information content (AvgIpc) is 1.64. The van der Waals surface area contributed by atoms with Gasteiger partial charge in [-0.3, -0.25) is 9.59 Å². The van der Waals surface area contributed by atoms with E-state index < -0.39 is 17.9 Å². The molecule has 10 heavy (non-hydrogen) atoms. The Kier molecular flexibility index (Phi) is 6.97. The number of carbonyl (C=O) groups is 2. The molecule has 5 heteroatoms. The van der Waals surface area contributed by atoms with Crippen molar-refractivity contribution in [1.29, 1.82) is 0 Å². The Morgan fingerprint density at radius 3 is 1.60 bits per heavy atom. The molecule has 4 nitrogen and oxygen atoms in total. The summed E-state index contributed by atoms with van der Waals surface area (Å²) in [6.07, 6.45) is 0.0463. The molecule has 0 saturated carbocycles. The summed E-state index contributed by atoms with van der Waals surface area (Å²) in [6.45, 7) is 1.48. The van der Waals surface area contributed by atoms with Gasteiger partial charge in [0.2, 0.25) is 0 Å². The van der Waals surface area contributed by atoms with Crippen LogP contribution >= 0.6 is 0 Å². The van der Waals surface area contributed by atoms with Gasteiger partial charge in [-0.25, -0.2) is 0 Å². The largest absolute Gasteiger partial charge is 1.00 e. The predicted octanol–water partition coefficient (Wildman–Crippen LogP) is -2.86. The Balaban J connectivity index is 0. The number of aliphatic carboxylic acids is 2. The van der Waals surface area contributed by atoms with Crippen LogP contribution in [-0.2, 0) is 9.59 Å². The second kappa shape index (κ2) is 5.58. The minimum atomic E-state index is -1.36. The second-order valence-corrected chi connectivity index (χ2v) is 1.44. The van der Waals surface area contributed by atoms with E-state index in [1.807, 2.05) is 0 Å². The van der Waals surface area contributed by atoms with Crippen LogP contribution < -0.4 is 29.6 Å². The van der Waals surface area contributed by atoms with E-state index in [1.165, 1.54) is 6.92 Å². The molecule has 0 heterocycles. The molecule has 0 atom stereocenters. The van der Waals surface area contributed by atoms with Crippen molar-refractivity contribution < 1.29 is 49.4 Å². The molecule has 52 valence electrons. The first-order valence-electron chi connectivity index (χ1n) is 2.42. The molecule has 0 aliphatic rings. The fraction of sp³-hybridized carbons (Fsp3) is 0.400. The van der Waals surface area contributed by atoms with Crippen molar-refractivity contribution >= 4 is 11.9 Å². The number of hydrogen-bond acceptors (Lipinski definition) is 2. The minimum Gasteiger partial charge on any atom is -0.503 e. The van der Waals surface area contributed by atoms with E-state index in [9.17, 15) is 9.59 Å². The van der Waals surface area contributed by atoms with Crippen molar-refractivity contribution in [1.82, 2.24) is 0 Å². The van der Waals surface area contributed by atoms with Crippen LogP contribution in [0.2, 0.25) is 0 Å². The summed E-state index contributed by atoms with van der Waals surface area (Å²) >= 11 is 0. The first-order valence-corrected chi connectivity index (χ1v) is 2.42. The fourth-order valence-corrected chi connectivity index (χ4v) is 0.394. The minimum absolute atomic E-state index is 0. The van der Waals surface area contributed by atoms with E-state index in [1.54, 1.807) is 0 Å². The van der Waals surface area contributed by atoms with Gasteiger partial charge >= 0.3 is 29.6 Å². The third-order valence-corrected chi connectivity index (χ3v) is 0.870. The van der Waals surface area contributed by atoms with Gasteiger partial charge in [-0.05, 0) is 0 Å². The standard InChI is InChI=1S/C5H7O4.Na/c1-2-3(4(6)7)5(8)9;/h2H2,1H3,(H,6,7)(H,8,9);/q-1;+1. The van der Waals surface area contributed by atoms with Gasteiger partial charge in [-0.2, -0.15) is 5.92 Å². The van der Waals surface area contributed by atoms with Gasteiger partial charge in [0.15, 0.2) is 11.9 Å². The van der Waals surface area contributed by atoms with Gasteiger partial charge in [0, 0.05) is 0 Å². The Bertz CT molecular complexity index is 120. The summed E-state index contributed by atoms with van der Waals surface area (Å²) in [7, 11) is 0. The van der Waals surface area contributed by atoms with Crippen LogP contribution in [-0.4, -0.2) is 22.2 Å². The van der Waals surface area contributed by atoms with E-state index in [0.717, 1.165) is 0 Å². The van der Waals surface area contributed by atoms with Crippen LogP contribution in [0.3, 0.4) is 0 Å². The van der Waals surface area contributed by atoms with Crippen molar-refractivity contribution in [3.63, 3.8) is 0 Å². The van der Waals surface area contributed by atoms with E-state index in [0.29, 0.717) is 0 Å². The number of hydrogen-bond donors (Lipinski definition) is 2. The van der Waals surface area contributed by atoms with Crippen LogP contribution in [0.5, 0.6) is 0 Å². The molecule has 0 unspecified atom stereocenters. The number of carboxylic acids is 2. The summed E-state index contributed by atoms with van der Waals surface area (Å²) in [5, 5.41) is 16.3. The first-order chi connectivity index (χ1) is 4.09. The maximum absolute atomic E-state index is 9.95. The summed E-state index contributed by atoms with van der Waals surface area (Å²) < 4.78 is 0. The molecule has 0 fully saturated rings. The van der Waals surface area contributed by atoms with Gasteiger partial charge < -0.3 is 10.2 Å². The monoisotopic (exact) mass is 154 g/mol. The molecular formula is C5H7NaO4. The molecular weight excluding hydrogens is 147 g/mol. The summed E-state index contributed by atoms with van der Waals surface area (Å²) in [5.41, 5.74) is 0. The quantitative estimate of drug-likeness (QED) is 0.260. The molecule has 0 aromatic rings. The molecule has 0 bridgehead atoms. The summed E-state index contributed by atoms with van der Waals surface area (Å²) in [6, 6.07) is 0. The average molecular weight is 154 g/mol. The van der Waals surface area contributed by atoms with Crippen LogP contribution in [0.25, 0.3) is 0 Å². The maximum Gasteiger partial charge on any atom is 1.00 e. The third-order valence-electron chi connectivity index (χ3n) is 0.870. The van der Waals surface area contributed by atoms with Crippen molar-refractivity contribution in [3.8, 4) is 0 Å². The van der Waals surface area contributed by atoms with Gasteiger partial charge in [0.25, 0.3) is 0 Å². The van der Waals surface area contributed by atoms with Gasteiger partial charge in [0.1, 0.15) is 0 Å². The molecule has 0 aliphatic carbocycles. The van der Waals surface area contributed by atoms with E-state index in [4.69, 9.17) is 10.2 Å². The number of rotatable bonds is 3. The van der Waals surface area contributed by atoms with Crippen molar-refractivity contribution in [3.05, 3.63) is 5.92 Å². The molecule has 0 aromatic heterocycles. The Morgan fingerprint density at radius 1 is 1.30 bits per heavy atom. The topological polar surface area (TPSA) is 74.6 Å². The van der Waals surface area contributed by atoms with E-state index in [2.05, 4.69) is 0 Å². The molecule has 0 radical (unpaired) electrons. The Morgan fingerprint density at radius 2 is 1.60 bits per heavy atom. The molecule has 2 N–H and O–H groups in total. The van der Waals surface area contributed by atoms with Crippen LogP contribution in [0.4, 0.5) is 0 Å². The SMILES string of the molecule is CC[C-](C(=O)O)C(=O)O.[Na+]. The Hall–Kier alpha value is -0.190. The predicted molar refractivity (Wildman–Crippen MR) is 28.8 cm³/mol. The first kappa shape index (κ1) is 12.5. The molecule has 0 saturated heterocycles. The van der Waals surface area contributed by atoms with Crippen molar-refractivity contribution in [2.45, 2.75) is 13.3 Å². The third kappa shape index (κ3) is 3.76. The molecule has 0 spiro atoms. The number of carboxylic acid groups (broad SMARTS) is 2. The zero-order chi connectivity index (χ0) is 7.44. The maximum atomic E-state index is 9.95. The molecule has 0 aromatic carbocycles. The summed E-state index contributed by atoms with van der Waals surface area (Å²) in [4.78, 5) is 19.9. The zero-order valence-corrected chi connectivity index (χ0v) is 7.92. The molecule has 0 aliphatic heterocycles. The van der Waals surface area contributed by atoms with Gasteiger partial charge in [-0.15, -0.1) is 6.42 Å². The van der Waals surface area contributed by atoms with Gasteiger partial charge in [0.05, 0.1) is 0 Å². The van der Waals surface area contributed by atoms with E-state index >= 15 is 0 Å². The van der Waals surface area contributed by atoms with Crippen LogP contribution in [0.15, 0.2) is 0 Å².